The maximum absolute atomic E-state index is 13.0. The molecule has 0 unspecified atom stereocenters. The van der Waals surface area contributed by atoms with Gasteiger partial charge in [-0.1, -0.05) is 12.1 Å². The maximum Gasteiger partial charge on any atom is 0.193 e. The summed E-state index contributed by atoms with van der Waals surface area (Å²) in [6, 6.07) is 8.48. The van der Waals surface area contributed by atoms with Gasteiger partial charge in [0.25, 0.3) is 0 Å². The third-order valence-electron chi connectivity index (χ3n) is 3.40. The Labute approximate surface area is 136 Å². The van der Waals surface area contributed by atoms with Crippen LogP contribution in [0.5, 0.6) is 0 Å². The van der Waals surface area contributed by atoms with Crippen molar-refractivity contribution in [2.24, 2.45) is 4.99 Å². The zero-order chi connectivity index (χ0) is 16.5. The van der Waals surface area contributed by atoms with Gasteiger partial charge in [0.15, 0.2) is 5.96 Å². The van der Waals surface area contributed by atoms with Gasteiger partial charge in [-0.05, 0) is 37.1 Å². The van der Waals surface area contributed by atoms with E-state index in [1.807, 2.05) is 35.8 Å². The van der Waals surface area contributed by atoms with Crippen LogP contribution in [0.4, 0.5) is 4.39 Å². The third-order valence-corrected chi connectivity index (χ3v) is 3.40. The van der Waals surface area contributed by atoms with Crippen molar-refractivity contribution in [1.29, 1.82) is 0 Å². The molecule has 0 aliphatic carbocycles. The van der Waals surface area contributed by atoms with E-state index in [2.05, 4.69) is 15.4 Å². The van der Waals surface area contributed by atoms with E-state index in [-0.39, 0.29) is 5.82 Å². The molecule has 0 radical (unpaired) electrons. The average molecular weight is 317 g/mol. The summed E-state index contributed by atoms with van der Waals surface area (Å²) in [6.45, 7) is 5.13. The lowest BCUT2D eigenvalue weighted by Crippen LogP contribution is -2.38. The van der Waals surface area contributed by atoms with E-state index in [0.29, 0.717) is 6.54 Å². The molecule has 0 bridgehead atoms. The second-order valence-corrected chi connectivity index (χ2v) is 5.34. The summed E-state index contributed by atoms with van der Waals surface area (Å²) in [7, 11) is 1.98. The molecular weight excluding hydrogens is 293 g/mol. The van der Waals surface area contributed by atoms with Crippen LogP contribution in [0.15, 0.2) is 47.7 Å². The van der Waals surface area contributed by atoms with Crippen LogP contribution in [0, 0.1) is 5.82 Å². The smallest absolute Gasteiger partial charge is 0.193 e. The molecule has 23 heavy (non-hydrogen) atoms. The number of nitrogens with zero attached hydrogens (tertiary/aromatic N) is 4. The van der Waals surface area contributed by atoms with E-state index in [1.54, 1.807) is 18.3 Å². The van der Waals surface area contributed by atoms with Crippen LogP contribution in [-0.4, -0.2) is 40.8 Å². The molecule has 6 heteroatoms. The van der Waals surface area contributed by atoms with Crippen molar-refractivity contribution < 1.29 is 4.39 Å². The van der Waals surface area contributed by atoms with Gasteiger partial charge in [0.05, 0.1) is 0 Å². The largest absolute Gasteiger partial charge is 0.357 e. The third kappa shape index (κ3) is 5.73. The molecule has 0 aliphatic heterocycles. The maximum atomic E-state index is 13.0. The quantitative estimate of drug-likeness (QED) is 0.485. The van der Waals surface area contributed by atoms with E-state index in [1.165, 1.54) is 12.1 Å². The zero-order valence-corrected chi connectivity index (χ0v) is 13.7. The summed E-state index contributed by atoms with van der Waals surface area (Å²) in [6.07, 6.45) is 4.67. The molecule has 5 nitrogen and oxygen atoms in total. The standard InChI is InChI=1S/C17H24FN5/c1-3-19-17(20-10-4-12-23-13-5-11-21-23)22(2)14-15-6-8-16(18)9-7-15/h5-9,11,13H,3-4,10,12,14H2,1-2H3,(H,19,20). The van der Waals surface area contributed by atoms with Crippen LogP contribution in [0.25, 0.3) is 0 Å². The number of benzene rings is 1. The van der Waals surface area contributed by atoms with Gasteiger partial charge in [0, 0.05) is 45.6 Å². The zero-order valence-electron chi connectivity index (χ0n) is 13.7. The molecule has 0 atom stereocenters. The summed E-state index contributed by atoms with van der Waals surface area (Å²) < 4.78 is 14.9. The van der Waals surface area contributed by atoms with Crippen molar-refractivity contribution in [2.75, 3.05) is 20.1 Å². The number of guanidine groups is 1. The molecule has 0 fully saturated rings. The van der Waals surface area contributed by atoms with Crippen molar-refractivity contribution in [3.05, 3.63) is 54.1 Å². The first-order valence-corrected chi connectivity index (χ1v) is 7.90. The Bertz CT molecular complexity index is 592. The predicted octanol–water partition coefficient (Wildman–Crippen LogP) is 2.51. The molecule has 1 aromatic heterocycles. The van der Waals surface area contributed by atoms with Gasteiger partial charge in [-0.15, -0.1) is 0 Å². The number of aliphatic imine (C=N–C) groups is 1. The number of nitrogens with one attached hydrogen (secondary N) is 1. The van der Waals surface area contributed by atoms with Crippen LogP contribution >= 0.6 is 0 Å². The van der Waals surface area contributed by atoms with E-state index in [4.69, 9.17) is 0 Å². The number of hydrogen-bond donors (Lipinski definition) is 1. The Kier molecular flexibility index (Phi) is 6.59. The van der Waals surface area contributed by atoms with Crippen molar-refractivity contribution in [1.82, 2.24) is 20.0 Å². The van der Waals surface area contributed by atoms with E-state index in [0.717, 1.165) is 37.6 Å². The Balaban J connectivity index is 1.87. The van der Waals surface area contributed by atoms with Gasteiger partial charge in [0.2, 0.25) is 0 Å². The molecule has 1 N–H and O–H groups in total. The van der Waals surface area contributed by atoms with Gasteiger partial charge < -0.3 is 10.2 Å². The minimum Gasteiger partial charge on any atom is -0.357 e. The average Bonchev–Trinajstić information content (AvgIpc) is 3.06. The summed E-state index contributed by atoms with van der Waals surface area (Å²) in [5.41, 5.74) is 1.05. The highest BCUT2D eigenvalue weighted by Crippen LogP contribution is 2.06. The van der Waals surface area contributed by atoms with Crippen LogP contribution < -0.4 is 5.32 Å². The van der Waals surface area contributed by atoms with E-state index < -0.39 is 0 Å². The first-order chi connectivity index (χ1) is 11.2. The molecule has 0 spiro atoms. The Morgan fingerprint density at radius 1 is 1.35 bits per heavy atom. The molecule has 1 heterocycles. The van der Waals surface area contributed by atoms with Crippen molar-refractivity contribution in [2.45, 2.75) is 26.4 Å². The Morgan fingerprint density at radius 3 is 2.78 bits per heavy atom. The summed E-state index contributed by atoms with van der Waals surface area (Å²) in [4.78, 5) is 6.69. The monoisotopic (exact) mass is 317 g/mol. The number of halogens is 1. The van der Waals surface area contributed by atoms with Crippen molar-refractivity contribution in [3.8, 4) is 0 Å². The number of aryl methyl sites for hydroxylation is 1. The highest BCUT2D eigenvalue weighted by Gasteiger charge is 2.06. The van der Waals surface area contributed by atoms with Gasteiger partial charge >= 0.3 is 0 Å². The second-order valence-electron chi connectivity index (χ2n) is 5.34. The molecule has 124 valence electrons. The summed E-state index contributed by atoms with van der Waals surface area (Å²) in [5.74, 6) is 0.646. The fraction of sp³-hybridized carbons (Fsp3) is 0.412. The second kappa shape index (κ2) is 8.92. The molecule has 0 aliphatic rings. The highest BCUT2D eigenvalue weighted by molar-refractivity contribution is 5.79. The molecule has 1 aromatic carbocycles. The van der Waals surface area contributed by atoms with Gasteiger partial charge in [-0.2, -0.15) is 5.10 Å². The lowest BCUT2D eigenvalue weighted by atomic mass is 10.2. The summed E-state index contributed by atoms with van der Waals surface area (Å²) in [5, 5.41) is 7.47. The molecule has 0 amide bonds. The summed E-state index contributed by atoms with van der Waals surface area (Å²) >= 11 is 0. The minimum absolute atomic E-state index is 0.212. The fourth-order valence-corrected chi connectivity index (χ4v) is 2.26. The first kappa shape index (κ1) is 17.0. The van der Waals surface area contributed by atoms with Crippen LogP contribution in [0.2, 0.25) is 0 Å². The van der Waals surface area contributed by atoms with E-state index in [9.17, 15) is 4.39 Å². The predicted molar refractivity (Wildman–Crippen MR) is 90.7 cm³/mol. The molecular formula is C17H24FN5. The molecule has 2 rings (SSSR count). The van der Waals surface area contributed by atoms with Crippen LogP contribution in [0.3, 0.4) is 0 Å². The first-order valence-electron chi connectivity index (χ1n) is 7.90. The Hall–Kier alpha value is -2.37. The highest BCUT2D eigenvalue weighted by atomic mass is 19.1. The molecule has 0 saturated carbocycles. The molecule has 0 saturated heterocycles. The number of rotatable bonds is 7. The Morgan fingerprint density at radius 2 is 2.13 bits per heavy atom. The van der Waals surface area contributed by atoms with Crippen LogP contribution in [0.1, 0.15) is 18.9 Å². The molecule has 2 aromatic rings. The van der Waals surface area contributed by atoms with E-state index >= 15 is 0 Å². The SMILES string of the molecule is CCNC(=NCCCn1cccn1)N(C)Cc1ccc(F)cc1. The topological polar surface area (TPSA) is 45.5 Å². The fourth-order valence-electron chi connectivity index (χ4n) is 2.26. The lowest BCUT2D eigenvalue weighted by Gasteiger charge is -2.22. The normalized spacial score (nSPS) is 11.5. The number of hydrogen-bond acceptors (Lipinski definition) is 2. The van der Waals surface area contributed by atoms with Gasteiger partial charge in [0.1, 0.15) is 5.82 Å². The van der Waals surface area contributed by atoms with Crippen LogP contribution in [-0.2, 0) is 13.1 Å². The van der Waals surface area contributed by atoms with Crippen molar-refractivity contribution >= 4 is 5.96 Å². The van der Waals surface area contributed by atoms with Crippen molar-refractivity contribution in [3.63, 3.8) is 0 Å². The van der Waals surface area contributed by atoms with Gasteiger partial charge in [-0.3, -0.25) is 9.67 Å². The van der Waals surface area contributed by atoms with Gasteiger partial charge in [-0.25, -0.2) is 4.39 Å². The number of aromatic nitrogens is 2. The minimum atomic E-state index is -0.212. The lowest BCUT2D eigenvalue weighted by molar-refractivity contribution is 0.474.